The topological polar surface area (TPSA) is 64.1 Å². The molecule has 0 saturated heterocycles. The quantitative estimate of drug-likeness (QED) is 0.198. The molecule has 2 rings (SSSR count). The Morgan fingerprint density at radius 3 is 2.37 bits per heavy atom. The van der Waals surface area contributed by atoms with Crippen LogP contribution in [0.5, 0.6) is 11.5 Å². The van der Waals surface area contributed by atoms with Gasteiger partial charge in [0.05, 0.1) is 20.8 Å². The maximum atomic E-state index is 13.9. The van der Waals surface area contributed by atoms with E-state index in [-0.39, 0.29) is 29.7 Å². The molecule has 0 aliphatic rings. The number of aliphatic imine (C=N–C) groups is 1. The number of benzene rings is 2. The van der Waals surface area contributed by atoms with Gasteiger partial charge in [-0.1, -0.05) is 18.2 Å². The Kier molecular flexibility index (Phi) is 12.8. The molecule has 30 heavy (non-hydrogen) atoms. The van der Waals surface area contributed by atoms with Crippen molar-refractivity contribution in [1.82, 2.24) is 10.6 Å². The van der Waals surface area contributed by atoms with Gasteiger partial charge in [0.1, 0.15) is 5.75 Å². The lowest BCUT2D eigenvalue weighted by molar-refractivity contribution is 0.145. The molecule has 0 heterocycles. The summed E-state index contributed by atoms with van der Waals surface area (Å²) < 4.78 is 29.4. The standard InChI is InChI=1S/C22H30FN3O3.HI/c1-4-29-13-5-12-24-22(25-15-17-6-9-19(27-2)10-7-17)26-16-18-8-11-21(28-3)20(23)14-18;/h6-11,14H,4-5,12-13,15-16H2,1-3H3,(H2,24,25,26);1H. The Bertz CT molecular complexity index is 773. The molecule has 0 aliphatic heterocycles. The molecule has 0 atom stereocenters. The second kappa shape index (κ2) is 14.8. The molecule has 166 valence electrons. The molecule has 0 bridgehead atoms. The van der Waals surface area contributed by atoms with E-state index in [1.807, 2.05) is 37.3 Å². The molecule has 0 saturated carbocycles. The van der Waals surface area contributed by atoms with Crippen LogP contribution < -0.4 is 20.1 Å². The van der Waals surface area contributed by atoms with Gasteiger partial charge in [-0.3, -0.25) is 0 Å². The lowest BCUT2D eigenvalue weighted by Crippen LogP contribution is -2.37. The van der Waals surface area contributed by atoms with E-state index in [2.05, 4.69) is 15.6 Å². The van der Waals surface area contributed by atoms with Crippen molar-refractivity contribution in [3.63, 3.8) is 0 Å². The summed E-state index contributed by atoms with van der Waals surface area (Å²) in [6, 6.07) is 12.7. The van der Waals surface area contributed by atoms with E-state index in [1.165, 1.54) is 13.2 Å². The van der Waals surface area contributed by atoms with Crippen molar-refractivity contribution in [2.45, 2.75) is 26.4 Å². The van der Waals surface area contributed by atoms with E-state index < -0.39 is 5.82 Å². The lowest BCUT2D eigenvalue weighted by atomic mass is 10.2. The number of rotatable bonds is 11. The Balaban J connectivity index is 0.00000450. The molecular weight excluding hydrogens is 500 g/mol. The highest BCUT2D eigenvalue weighted by atomic mass is 127. The summed E-state index contributed by atoms with van der Waals surface area (Å²) in [6.45, 7) is 5.07. The number of ether oxygens (including phenoxy) is 3. The van der Waals surface area contributed by atoms with E-state index in [1.54, 1.807) is 13.2 Å². The normalized spacial score (nSPS) is 10.9. The van der Waals surface area contributed by atoms with Gasteiger partial charge in [-0.2, -0.15) is 0 Å². The minimum Gasteiger partial charge on any atom is -0.497 e. The smallest absolute Gasteiger partial charge is 0.191 e. The Labute approximate surface area is 195 Å². The average Bonchev–Trinajstić information content (AvgIpc) is 2.75. The molecule has 2 aromatic carbocycles. The van der Waals surface area contributed by atoms with Crippen LogP contribution in [0, 0.1) is 5.82 Å². The largest absolute Gasteiger partial charge is 0.497 e. The number of halogens is 2. The van der Waals surface area contributed by atoms with Crippen molar-refractivity contribution < 1.29 is 18.6 Å². The minimum atomic E-state index is -0.391. The van der Waals surface area contributed by atoms with Crippen LogP contribution >= 0.6 is 24.0 Å². The van der Waals surface area contributed by atoms with Crippen molar-refractivity contribution in [3.05, 3.63) is 59.4 Å². The first-order valence-corrected chi connectivity index (χ1v) is 9.71. The monoisotopic (exact) mass is 531 g/mol. The molecule has 0 unspecified atom stereocenters. The van der Waals surface area contributed by atoms with Gasteiger partial charge >= 0.3 is 0 Å². The first-order chi connectivity index (χ1) is 14.2. The summed E-state index contributed by atoms with van der Waals surface area (Å²) in [6.07, 6.45) is 0.869. The van der Waals surface area contributed by atoms with Gasteiger partial charge < -0.3 is 24.8 Å². The van der Waals surface area contributed by atoms with Crippen LogP contribution in [0.2, 0.25) is 0 Å². The first-order valence-electron chi connectivity index (χ1n) is 9.71. The van der Waals surface area contributed by atoms with Gasteiger partial charge in [0, 0.05) is 26.3 Å². The van der Waals surface area contributed by atoms with Crippen molar-refractivity contribution in [2.24, 2.45) is 4.99 Å². The predicted molar refractivity (Wildman–Crippen MR) is 128 cm³/mol. The van der Waals surface area contributed by atoms with E-state index in [4.69, 9.17) is 14.2 Å². The molecule has 8 heteroatoms. The van der Waals surface area contributed by atoms with Gasteiger partial charge in [-0.15, -0.1) is 24.0 Å². The fraction of sp³-hybridized carbons (Fsp3) is 0.409. The van der Waals surface area contributed by atoms with Gasteiger partial charge in [-0.05, 0) is 48.7 Å². The predicted octanol–water partition coefficient (Wildman–Crippen LogP) is 4.12. The molecule has 0 aromatic heterocycles. The second-order valence-electron chi connectivity index (χ2n) is 6.31. The second-order valence-corrected chi connectivity index (χ2v) is 6.31. The minimum absolute atomic E-state index is 0. The van der Waals surface area contributed by atoms with Gasteiger partial charge in [0.25, 0.3) is 0 Å². The zero-order chi connectivity index (χ0) is 20.9. The average molecular weight is 531 g/mol. The van der Waals surface area contributed by atoms with Crippen molar-refractivity contribution in [1.29, 1.82) is 0 Å². The van der Waals surface area contributed by atoms with Gasteiger partial charge in [0.15, 0.2) is 17.5 Å². The summed E-state index contributed by atoms with van der Waals surface area (Å²) in [4.78, 5) is 4.58. The van der Waals surface area contributed by atoms with Gasteiger partial charge in [-0.25, -0.2) is 9.38 Å². The fourth-order valence-electron chi connectivity index (χ4n) is 2.61. The van der Waals surface area contributed by atoms with Crippen molar-refractivity contribution >= 4 is 29.9 Å². The van der Waals surface area contributed by atoms with E-state index in [0.29, 0.717) is 32.3 Å². The van der Waals surface area contributed by atoms with E-state index in [0.717, 1.165) is 29.8 Å². The molecule has 0 radical (unpaired) electrons. The zero-order valence-corrected chi connectivity index (χ0v) is 20.1. The highest BCUT2D eigenvalue weighted by molar-refractivity contribution is 14.0. The van der Waals surface area contributed by atoms with Crippen LogP contribution in [-0.2, 0) is 17.8 Å². The Morgan fingerprint density at radius 2 is 1.73 bits per heavy atom. The van der Waals surface area contributed by atoms with Crippen LogP contribution in [0.3, 0.4) is 0 Å². The molecule has 2 N–H and O–H groups in total. The van der Waals surface area contributed by atoms with Gasteiger partial charge in [0.2, 0.25) is 0 Å². The maximum Gasteiger partial charge on any atom is 0.191 e. The van der Waals surface area contributed by atoms with Crippen LogP contribution in [0.25, 0.3) is 0 Å². The van der Waals surface area contributed by atoms with E-state index in [9.17, 15) is 4.39 Å². The molecule has 0 aliphatic carbocycles. The number of nitrogens with zero attached hydrogens (tertiary/aromatic N) is 1. The highest BCUT2D eigenvalue weighted by Gasteiger charge is 2.04. The zero-order valence-electron chi connectivity index (χ0n) is 17.7. The van der Waals surface area contributed by atoms with E-state index >= 15 is 0 Å². The number of hydrogen-bond acceptors (Lipinski definition) is 4. The van der Waals surface area contributed by atoms with Crippen LogP contribution in [-0.4, -0.2) is 39.9 Å². The third-order valence-electron chi connectivity index (χ3n) is 4.22. The molecular formula is C22H31FIN3O3. The van der Waals surface area contributed by atoms with Crippen LogP contribution in [0.4, 0.5) is 4.39 Å². The number of methoxy groups -OCH3 is 2. The summed E-state index contributed by atoms with van der Waals surface area (Å²) in [7, 11) is 3.09. The molecule has 0 spiro atoms. The van der Waals surface area contributed by atoms with Crippen molar-refractivity contribution in [2.75, 3.05) is 34.0 Å². The number of hydrogen-bond donors (Lipinski definition) is 2. The first kappa shape index (κ1) is 26.0. The summed E-state index contributed by atoms with van der Waals surface area (Å²) >= 11 is 0. The van der Waals surface area contributed by atoms with Crippen molar-refractivity contribution in [3.8, 4) is 11.5 Å². The van der Waals surface area contributed by atoms with Crippen LogP contribution in [0.15, 0.2) is 47.5 Å². The molecule has 6 nitrogen and oxygen atoms in total. The Morgan fingerprint density at radius 1 is 1.00 bits per heavy atom. The number of nitrogens with one attached hydrogen (secondary N) is 2. The van der Waals surface area contributed by atoms with Crippen LogP contribution in [0.1, 0.15) is 24.5 Å². The summed E-state index contributed by atoms with van der Waals surface area (Å²) in [5.41, 5.74) is 1.87. The Hall–Kier alpha value is -2.07. The molecule has 0 fully saturated rings. The fourth-order valence-corrected chi connectivity index (χ4v) is 2.61. The third kappa shape index (κ3) is 9.17. The maximum absolute atomic E-state index is 13.9. The lowest BCUT2D eigenvalue weighted by Gasteiger charge is -2.13. The number of guanidine groups is 1. The highest BCUT2D eigenvalue weighted by Crippen LogP contribution is 2.18. The summed E-state index contributed by atoms with van der Waals surface area (Å²) in [5, 5.41) is 6.61. The third-order valence-corrected chi connectivity index (χ3v) is 4.22. The molecule has 0 amide bonds. The molecule has 2 aromatic rings. The summed E-state index contributed by atoms with van der Waals surface area (Å²) in [5.74, 6) is 1.31. The SMILES string of the molecule is CCOCCCNC(=NCc1ccc(OC)c(F)c1)NCc1ccc(OC)cc1.I.